The van der Waals surface area contributed by atoms with Gasteiger partial charge in [-0.1, -0.05) is 0 Å². The van der Waals surface area contributed by atoms with E-state index in [4.69, 9.17) is 14.7 Å². The lowest BCUT2D eigenvalue weighted by molar-refractivity contribution is 0.180. The highest BCUT2D eigenvalue weighted by molar-refractivity contribution is 5.74. The van der Waals surface area contributed by atoms with Gasteiger partial charge in [-0.05, 0) is 23.8 Å². The second-order valence-electron chi connectivity index (χ2n) is 5.66. The Kier molecular flexibility index (Phi) is 4.75. The summed E-state index contributed by atoms with van der Waals surface area (Å²) in [6, 6.07) is 9.07. The smallest absolute Gasteiger partial charge is 0.318 e. The van der Waals surface area contributed by atoms with Crippen molar-refractivity contribution in [2.75, 3.05) is 20.8 Å². The molecule has 1 aliphatic rings. The Labute approximate surface area is 145 Å². The molecule has 0 unspecified atom stereocenters. The summed E-state index contributed by atoms with van der Waals surface area (Å²) in [5, 5.41) is 16.0. The average Bonchev–Trinajstić information content (AvgIpc) is 3.08. The molecular weight excluding hydrogens is 322 g/mol. The third-order valence-electron chi connectivity index (χ3n) is 4.05. The summed E-state index contributed by atoms with van der Waals surface area (Å²) in [5.74, 6) is 1.35. The van der Waals surface area contributed by atoms with E-state index in [2.05, 4.69) is 10.4 Å². The summed E-state index contributed by atoms with van der Waals surface area (Å²) in [7, 11) is 3.17. The van der Waals surface area contributed by atoms with E-state index in [1.807, 2.05) is 18.2 Å². The number of hydrogen-bond acceptors (Lipinski definition) is 5. The van der Waals surface area contributed by atoms with E-state index in [0.29, 0.717) is 43.4 Å². The maximum atomic E-state index is 12.4. The van der Waals surface area contributed by atoms with Gasteiger partial charge in [-0.15, -0.1) is 0 Å². The number of nitrogens with zero attached hydrogens (tertiary/aromatic N) is 4. The zero-order valence-corrected chi connectivity index (χ0v) is 14.2. The van der Waals surface area contributed by atoms with E-state index in [9.17, 15) is 4.79 Å². The van der Waals surface area contributed by atoms with Crippen LogP contribution in [0.25, 0.3) is 0 Å². The molecule has 0 aliphatic carbocycles. The van der Waals surface area contributed by atoms with Gasteiger partial charge in [0.05, 0.1) is 33.0 Å². The Balaban J connectivity index is 1.63. The topological polar surface area (TPSA) is 92.4 Å². The van der Waals surface area contributed by atoms with Gasteiger partial charge in [-0.3, -0.25) is 4.68 Å². The number of benzene rings is 1. The molecule has 0 saturated heterocycles. The van der Waals surface area contributed by atoms with E-state index < -0.39 is 0 Å². The van der Waals surface area contributed by atoms with Crippen molar-refractivity contribution in [2.24, 2.45) is 0 Å². The first-order valence-corrected chi connectivity index (χ1v) is 7.84. The zero-order chi connectivity index (χ0) is 17.8. The molecule has 0 saturated carbocycles. The summed E-state index contributed by atoms with van der Waals surface area (Å²) in [5.41, 5.74) is 2.13. The van der Waals surface area contributed by atoms with Crippen LogP contribution in [0.4, 0.5) is 4.79 Å². The first-order chi connectivity index (χ1) is 12.1. The number of fused-ring (bicyclic) bond motifs is 1. The van der Waals surface area contributed by atoms with E-state index in [-0.39, 0.29) is 6.03 Å². The minimum Gasteiger partial charge on any atom is -0.497 e. The fourth-order valence-electron chi connectivity index (χ4n) is 2.75. The average molecular weight is 341 g/mol. The summed E-state index contributed by atoms with van der Waals surface area (Å²) >= 11 is 0. The molecule has 0 fully saturated rings. The van der Waals surface area contributed by atoms with E-state index in [1.165, 1.54) is 0 Å². The molecule has 1 aromatic heterocycles. The SMILES string of the molecule is COc1cc(CNC(=O)N2CCn3nc(C#N)cc3C2)cc(OC)c1. The number of methoxy groups -OCH3 is 2. The zero-order valence-electron chi connectivity index (χ0n) is 14.2. The van der Waals surface area contributed by atoms with Crippen LogP contribution in [0.1, 0.15) is 17.0 Å². The number of carbonyl (C=O) groups excluding carboxylic acids is 1. The van der Waals surface area contributed by atoms with Gasteiger partial charge in [0, 0.05) is 19.2 Å². The first-order valence-electron chi connectivity index (χ1n) is 7.84. The Hall–Kier alpha value is -3.21. The number of nitriles is 1. The maximum Gasteiger partial charge on any atom is 0.318 e. The fraction of sp³-hybridized carbons (Fsp3) is 0.353. The Bertz CT molecular complexity index is 802. The summed E-state index contributed by atoms with van der Waals surface area (Å²) in [6.07, 6.45) is 0. The van der Waals surface area contributed by atoms with Crippen LogP contribution in [0.5, 0.6) is 11.5 Å². The van der Waals surface area contributed by atoms with Gasteiger partial charge in [0.15, 0.2) is 5.69 Å². The molecule has 0 atom stereocenters. The lowest BCUT2D eigenvalue weighted by Crippen LogP contribution is -2.43. The molecule has 0 radical (unpaired) electrons. The highest BCUT2D eigenvalue weighted by atomic mass is 16.5. The number of hydrogen-bond donors (Lipinski definition) is 1. The number of aromatic nitrogens is 2. The molecule has 1 aliphatic heterocycles. The number of nitrogens with one attached hydrogen (secondary N) is 1. The molecule has 25 heavy (non-hydrogen) atoms. The fourth-order valence-corrected chi connectivity index (χ4v) is 2.75. The van der Waals surface area contributed by atoms with Crippen molar-refractivity contribution in [3.05, 3.63) is 41.2 Å². The first kappa shape index (κ1) is 16.6. The summed E-state index contributed by atoms with van der Waals surface area (Å²) < 4.78 is 12.2. The van der Waals surface area contributed by atoms with Gasteiger partial charge in [-0.2, -0.15) is 10.4 Å². The van der Waals surface area contributed by atoms with Gasteiger partial charge in [0.2, 0.25) is 0 Å². The predicted octanol–water partition coefficient (Wildman–Crippen LogP) is 1.50. The van der Waals surface area contributed by atoms with Crippen LogP contribution in [0.15, 0.2) is 24.3 Å². The minimum atomic E-state index is -0.159. The van der Waals surface area contributed by atoms with Gasteiger partial charge in [-0.25, -0.2) is 4.79 Å². The summed E-state index contributed by atoms with van der Waals surface area (Å²) in [4.78, 5) is 14.1. The van der Waals surface area contributed by atoms with Gasteiger partial charge >= 0.3 is 6.03 Å². The molecule has 1 N–H and O–H groups in total. The normalized spacial score (nSPS) is 12.9. The standard InChI is InChI=1S/C17H19N5O3/c1-24-15-5-12(6-16(8-15)25-2)10-19-17(23)21-3-4-22-14(11-21)7-13(9-18)20-22/h5-8H,3-4,10-11H2,1-2H3,(H,19,23). The van der Waals surface area contributed by atoms with Crippen molar-refractivity contribution in [2.45, 2.75) is 19.6 Å². The van der Waals surface area contributed by atoms with Crippen LogP contribution in [0.2, 0.25) is 0 Å². The Morgan fingerprint density at radius 3 is 2.60 bits per heavy atom. The van der Waals surface area contributed by atoms with Crippen LogP contribution in [0, 0.1) is 11.3 Å². The number of urea groups is 1. The highest BCUT2D eigenvalue weighted by Gasteiger charge is 2.22. The highest BCUT2D eigenvalue weighted by Crippen LogP contribution is 2.22. The molecule has 0 bridgehead atoms. The lowest BCUT2D eigenvalue weighted by atomic mass is 10.2. The quantitative estimate of drug-likeness (QED) is 0.910. The molecule has 3 rings (SSSR count). The van der Waals surface area contributed by atoms with Gasteiger partial charge in [0.1, 0.15) is 17.6 Å². The molecule has 8 heteroatoms. The van der Waals surface area contributed by atoms with Gasteiger partial charge < -0.3 is 19.7 Å². The van der Waals surface area contributed by atoms with Crippen molar-refractivity contribution in [3.8, 4) is 17.6 Å². The van der Waals surface area contributed by atoms with Crippen molar-refractivity contribution < 1.29 is 14.3 Å². The molecule has 8 nitrogen and oxygen atoms in total. The van der Waals surface area contributed by atoms with Crippen molar-refractivity contribution in [1.82, 2.24) is 20.0 Å². The molecule has 1 aromatic carbocycles. The number of carbonyl (C=O) groups is 1. The monoisotopic (exact) mass is 341 g/mol. The number of ether oxygens (including phenoxy) is 2. The largest absolute Gasteiger partial charge is 0.497 e. The predicted molar refractivity (Wildman–Crippen MR) is 89.1 cm³/mol. The molecule has 130 valence electrons. The number of amides is 2. The molecule has 2 aromatic rings. The summed E-state index contributed by atoms with van der Waals surface area (Å²) in [6.45, 7) is 1.93. The molecule has 2 heterocycles. The van der Waals surface area contributed by atoms with Crippen LogP contribution in [-0.4, -0.2) is 41.5 Å². The third kappa shape index (κ3) is 3.66. The maximum absolute atomic E-state index is 12.4. The minimum absolute atomic E-state index is 0.159. The second-order valence-corrected chi connectivity index (χ2v) is 5.66. The van der Waals surface area contributed by atoms with Crippen molar-refractivity contribution >= 4 is 6.03 Å². The molecule has 0 spiro atoms. The second kappa shape index (κ2) is 7.13. The van der Waals surface area contributed by atoms with Crippen LogP contribution in [-0.2, 0) is 19.6 Å². The van der Waals surface area contributed by atoms with Crippen LogP contribution in [0.3, 0.4) is 0 Å². The van der Waals surface area contributed by atoms with E-state index in [0.717, 1.165) is 11.3 Å². The third-order valence-corrected chi connectivity index (χ3v) is 4.05. The van der Waals surface area contributed by atoms with Crippen molar-refractivity contribution in [3.63, 3.8) is 0 Å². The Morgan fingerprint density at radius 2 is 1.96 bits per heavy atom. The Morgan fingerprint density at radius 1 is 1.24 bits per heavy atom. The van der Waals surface area contributed by atoms with E-state index >= 15 is 0 Å². The number of rotatable bonds is 4. The lowest BCUT2D eigenvalue weighted by Gasteiger charge is -2.27. The molecular formula is C17H19N5O3. The van der Waals surface area contributed by atoms with Crippen molar-refractivity contribution in [1.29, 1.82) is 5.26 Å². The molecule has 2 amide bonds. The van der Waals surface area contributed by atoms with E-state index in [1.54, 1.807) is 35.9 Å². The van der Waals surface area contributed by atoms with Crippen LogP contribution >= 0.6 is 0 Å². The van der Waals surface area contributed by atoms with Gasteiger partial charge in [0.25, 0.3) is 0 Å². The van der Waals surface area contributed by atoms with Crippen LogP contribution < -0.4 is 14.8 Å².